The molecule has 124 valence electrons. The molecule has 0 spiro atoms. The summed E-state index contributed by atoms with van der Waals surface area (Å²) in [5.41, 5.74) is -0.0369. The molecule has 0 aliphatic heterocycles. The van der Waals surface area contributed by atoms with E-state index in [1.807, 2.05) is 20.8 Å². The second kappa shape index (κ2) is 6.78. The minimum atomic E-state index is -3.38. The molecule has 22 heavy (non-hydrogen) atoms. The fraction of sp³-hybridized carbons (Fsp3) is 0.571. The van der Waals surface area contributed by atoms with Crippen molar-refractivity contribution >= 4 is 33.1 Å². The summed E-state index contributed by atoms with van der Waals surface area (Å²) in [5, 5.41) is 13.0. The van der Waals surface area contributed by atoms with E-state index in [1.54, 1.807) is 0 Å². The molecule has 1 rings (SSSR count). The zero-order valence-electron chi connectivity index (χ0n) is 13.0. The molecule has 0 fully saturated rings. The molecule has 0 aliphatic rings. The van der Waals surface area contributed by atoms with Crippen molar-refractivity contribution in [3.05, 3.63) is 16.3 Å². The Kier molecular flexibility index (Phi) is 5.75. The molecule has 6 nitrogen and oxygen atoms in total. The SMILES string of the molecule is CC(C)(C)CCC(NC(=O)c1cc(S(C)(=O)=O)cs1)C(=O)O. The number of hydrogen-bond acceptors (Lipinski definition) is 5. The van der Waals surface area contributed by atoms with Gasteiger partial charge in [0.2, 0.25) is 0 Å². The van der Waals surface area contributed by atoms with Gasteiger partial charge in [0.15, 0.2) is 9.84 Å². The van der Waals surface area contributed by atoms with Crippen LogP contribution in [0, 0.1) is 5.41 Å². The van der Waals surface area contributed by atoms with Gasteiger partial charge in [0.25, 0.3) is 5.91 Å². The van der Waals surface area contributed by atoms with Crippen molar-refractivity contribution in [2.75, 3.05) is 6.26 Å². The van der Waals surface area contributed by atoms with Gasteiger partial charge in [-0.2, -0.15) is 0 Å². The van der Waals surface area contributed by atoms with Crippen LogP contribution in [0.1, 0.15) is 43.3 Å². The molecule has 1 aromatic rings. The highest BCUT2D eigenvalue weighted by atomic mass is 32.2. The molecule has 0 radical (unpaired) electrons. The van der Waals surface area contributed by atoms with E-state index in [9.17, 15) is 23.1 Å². The van der Waals surface area contributed by atoms with Gasteiger partial charge >= 0.3 is 5.97 Å². The van der Waals surface area contributed by atoms with Gasteiger partial charge in [0, 0.05) is 11.6 Å². The minimum Gasteiger partial charge on any atom is -0.480 e. The van der Waals surface area contributed by atoms with Crippen LogP contribution in [0.2, 0.25) is 0 Å². The van der Waals surface area contributed by atoms with Crippen molar-refractivity contribution in [2.24, 2.45) is 5.41 Å². The fourth-order valence-electron chi connectivity index (χ4n) is 1.70. The lowest BCUT2D eigenvalue weighted by Crippen LogP contribution is -2.41. The van der Waals surface area contributed by atoms with Crippen LogP contribution in [0.15, 0.2) is 16.3 Å². The maximum absolute atomic E-state index is 12.1. The van der Waals surface area contributed by atoms with Gasteiger partial charge in [-0.1, -0.05) is 20.8 Å². The van der Waals surface area contributed by atoms with Gasteiger partial charge in [-0.15, -0.1) is 11.3 Å². The first-order chi connectivity index (χ1) is 9.90. The normalized spacial score (nSPS) is 13.6. The second-order valence-electron chi connectivity index (χ2n) is 6.38. The lowest BCUT2D eigenvalue weighted by atomic mass is 9.88. The third-order valence-corrected chi connectivity index (χ3v) is 5.18. The first-order valence-corrected chi connectivity index (χ1v) is 9.49. The van der Waals surface area contributed by atoms with Crippen molar-refractivity contribution in [3.8, 4) is 0 Å². The van der Waals surface area contributed by atoms with Crippen molar-refractivity contribution in [1.29, 1.82) is 0 Å². The third kappa shape index (κ3) is 5.76. The molecule has 0 saturated carbocycles. The molecule has 1 atom stereocenters. The number of thiophene rings is 1. The Morgan fingerprint density at radius 1 is 1.36 bits per heavy atom. The van der Waals surface area contributed by atoms with Gasteiger partial charge < -0.3 is 10.4 Å². The van der Waals surface area contributed by atoms with Crippen molar-refractivity contribution in [3.63, 3.8) is 0 Å². The Morgan fingerprint density at radius 3 is 2.36 bits per heavy atom. The van der Waals surface area contributed by atoms with E-state index in [0.717, 1.165) is 17.6 Å². The minimum absolute atomic E-state index is 0.0369. The van der Waals surface area contributed by atoms with Crippen LogP contribution in [0.25, 0.3) is 0 Å². The number of aliphatic carboxylic acids is 1. The highest BCUT2D eigenvalue weighted by Crippen LogP contribution is 2.23. The summed E-state index contributed by atoms with van der Waals surface area (Å²) >= 11 is 0.978. The number of carbonyl (C=O) groups is 2. The lowest BCUT2D eigenvalue weighted by Gasteiger charge is -2.21. The largest absolute Gasteiger partial charge is 0.480 e. The average Bonchev–Trinajstić information content (AvgIpc) is 2.81. The maximum Gasteiger partial charge on any atom is 0.326 e. The number of carboxylic acid groups (broad SMARTS) is 1. The van der Waals surface area contributed by atoms with Gasteiger partial charge in [-0.3, -0.25) is 4.79 Å². The third-order valence-electron chi connectivity index (χ3n) is 3.01. The molecule has 1 amide bonds. The number of hydrogen-bond donors (Lipinski definition) is 2. The van der Waals surface area contributed by atoms with Crippen LogP contribution in [-0.4, -0.2) is 37.7 Å². The van der Waals surface area contributed by atoms with Crippen molar-refractivity contribution in [1.82, 2.24) is 5.32 Å². The van der Waals surface area contributed by atoms with Crippen molar-refractivity contribution in [2.45, 2.75) is 44.6 Å². The molecule has 1 aromatic heterocycles. The maximum atomic E-state index is 12.1. The van der Waals surface area contributed by atoms with Crippen LogP contribution in [0.5, 0.6) is 0 Å². The number of sulfone groups is 1. The summed E-state index contributed by atoms with van der Waals surface area (Å²) in [6.07, 6.45) is 2.01. The molecule has 0 bridgehead atoms. The van der Waals surface area contributed by atoms with Gasteiger partial charge in [-0.05, 0) is 24.3 Å². The Hall–Kier alpha value is -1.41. The second-order valence-corrected chi connectivity index (χ2v) is 9.31. The molecule has 0 aromatic carbocycles. The smallest absolute Gasteiger partial charge is 0.326 e. The number of carboxylic acids is 1. The van der Waals surface area contributed by atoms with Crippen LogP contribution < -0.4 is 5.32 Å². The highest BCUT2D eigenvalue weighted by molar-refractivity contribution is 7.90. The summed E-state index contributed by atoms with van der Waals surface area (Å²) in [6.45, 7) is 5.97. The molecule has 0 saturated heterocycles. The standard InChI is InChI=1S/C14H21NO5S2/c1-14(2,3)6-5-10(13(17)18)15-12(16)11-7-9(8-21-11)22(4,19)20/h7-8,10H,5-6H2,1-4H3,(H,15,16)(H,17,18). The molecule has 2 N–H and O–H groups in total. The zero-order valence-corrected chi connectivity index (χ0v) is 14.7. The fourth-order valence-corrected chi connectivity index (χ4v) is 3.62. The van der Waals surface area contributed by atoms with Crippen LogP contribution in [-0.2, 0) is 14.6 Å². The summed E-state index contributed by atoms with van der Waals surface area (Å²) in [7, 11) is -3.38. The van der Waals surface area contributed by atoms with Gasteiger partial charge in [0.05, 0.1) is 9.77 Å². The Balaban J connectivity index is 2.79. The van der Waals surface area contributed by atoms with E-state index in [1.165, 1.54) is 11.4 Å². The number of nitrogens with one attached hydrogen (secondary N) is 1. The Bertz CT molecular complexity index is 655. The van der Waals surface area contributed by atoms with Crippen LogP contribution in [0.4, 0.5) is 0 Å². The number of carbonyl (C=O) groups excluding carboxylic acids is 1. The predicted octanol–water partition coefficient (Wildman–Crippen LogP) is 2.16. The molecule has 0 aliphatic carbocycles. The quantitative estimate of drug-likeness (QED) is 0.821. The highest BCUT2D eigenvalue weighted by Gasteiger charge is 2.24. The van der Waals surface area contributed by atoms with E-state index in [0.29, 0.717) is 12.8 Å². The molecular formula is C14H21NO5S2. The van der Waals surface area contributed by atoms with Crippen molar-refractivity contribution < 1.29 is 23.1 Å². The first-order valence-electron chi connectivity index (χ1n) is 6.72. The Labute approximate surface area is 134 Å². The summed E-state index contributed by atoms with van der Waals surface area (Å²) in [4.78, 5) is 23.5. The lowest BCUT2D eigenvalue weighted by molar-refractivity contribution is -0.139. The monoisotopic (exact) mass is 347 g/mol. The van der Waals surface area contributed by atoms with E-state index in [4.69, 9.17) is 0 Å². The summed E-state index contributed by atoms with van der Waals surface area (Å²) < 4.78 is 22.8. The van der Waals surface area contributed by atoms with Gasteiger partial charge in [-0.25, -0.2) is 13.2 Å². The predicted molar refractivity (Wildman–Crippen MR) is 85.0 cm³/mol. The number of rotatable bonds is 6. The molecule has 1 unspecified atom stereocenters. The molecular weight excluding hydrogens is 326 g/mol. The number of amides is 1. The zero-order chi connectivity index (χ0) is 17.1. The molecule has 1 heterocycles. The van der Waals surface area contributed by atoms with E-state index < -0.39 is 27.8 Å². The summed E-state index contributed by atoms with van der Waals surface area (Å²) in [6, 6.07) is 0.272. The van der Waals surface area contributed by atoms with Crippen LogP contribution in [0.3, 0.4) is 0 Å². The Morgan fingerprint density at radius 2 is 1.95 bits per heavy atom. The topological polar surface area (TPSA) is 101 Å². The average molecular weight is 347 g/mol. The van der Waals surface area contributed by atoms with E-state index in [2.05, 4.69) is 5.32 Å². The molecule has 8 heteroatoms. The summed E-state index contributed by atoms with van der Waals surface area (Å²) in [5.74, 6) is -1.67. The van der Waals surface area contributed by atoms with E-state index >= 15 is 0 Å². The van der Waals surface area contributed by atoms with Crippen LogP contribution >= 0.6 is 11.3 Å². The van der Waals surface area contributed by atoms with Gasteiger partial charge in [0.1, 0.15) is 6.04 Å². The van der Waals surface area contributed by atoms with E-state index in [-0.39, 0.29) is 15.2 Å². The first kappa shape index (κ1) is 18.6.